The Hall–Kier alpha value is -0.930. The maximum Gasteiger partial charge on any atom is 0.0660 e. The van der Waals surface area contributed by atoms with Gasteiger partial charge in [0, 0.05) is 24.8 Å². The van der Waals surface area contributed by atoms with Crippen molar-refractivity contribution in [1.29, 1.82) is 0 Å². The highest BCUT2D eigenvalue weighted by Gasteiger charge is 2.16. The molecule has 0 aromatic heterocycles. The molecular weight excluding hydrogens is 234 g/mol. The summed E-state index contributed by atoms with van der Waals surface area (Å²) in [4.78, 5) is 4.47. The molecule has 4 heteroatoms. The first-order valence-electron chi connectivity index (χ1n) is 5.92. The third kappa shape index (κ3) is 3.79. The molecule has 0 fully saturated rings. The van der Waals surface area contributed by atoms with Crippen LogP contribution in [-0.2, 0) is 0 Å². The molecule has 0 saturated carbocycles. The second-order valence-corrected chi connectivity index (χ2v) is 5.02. The smallest absolute Gasteiger partial charge is 0.0660 e. The maximum absolute atomic E-state index is 6.25. The highest BCUT2D eigenvalue weighted by Crippen LogP contribution is 2.29. The first kappa shape index (κ1) is 14.1. The molecule has 17 heavy (non-hydrogen) atoms. The van der Waals surface area contributed by atoms with E-state index >= 15 is 0 Å². The van der Waals surface area contributed by atoms with Gasteiger partial charge in [0.25, 0.3) is 0 Å². The average Bonchev–Trinajstić information content (AvgIpc) is 2.21. The molecule has 0 saturated heterocycles. The number of hydrogen-bond donors (Lipinski definition) is 1. The standard InChI is InChI=1S/C13H22ClN3/c1-5-17(10(2)9-16(3)4)13-7-6-11(15)8-12(13)14/h6-8,10H,5,9,15H2,1-4H3. The Morgan fingerprint density at radius 2 is 2.00 bits per heavy atom. The van der Waals surface area contributed by atoms with Crippen molar-refractivity contribution in [3.05, 3.63) is 23.2 Å². The molecule has 0 radical (unpaired) electrons. The van der Waals surface area contributed by atoms with Crippen LogP contribution in [0.2, 0.25) is 5.02 Å². The monoisotopic (exact) mass is 255 g/mol. The molecular formula is C13H22ClN3. The second kappa shape index (κ2) is 6.12. The Morgan fingerprint density at radius 3 is 2.47 bits per heavy atom. The lowest BCUT2D eigenvalue weighted by Crippen LogP contribution is -2.40. The van der Waals surface area contributed by atoms with Crippen molar-refractivity contribution in [3.8, 4) is 0 Å². The van der Waals surface area contributed by atoms with Crippen LogP contribution in [0.15, 0.2) is 18.2 Å². The van der Waals surface area contributed by atoms with Crippen molar-refractivity contribution in [1.82, 2.24) is 4.90 Å². The topological polar surface area (TPSA) is 32.5 Å². The number of rotatable bonds is 5. The fourth-order valence-electron chi connectivity index (χ4n) is 2.10. The van der Waals surface area contributed by atoms with Crippen LogP contribution in [0.1, 0.15) is 13.8 Å². The van der Waals surface area contributed by atoms with E-state index < -0.39 is 0 Å². The highest BCUT2D eigenvalue weighted by molar-refractivity contribution is 6.33. The van der Waals surface area contributed by atoms with Crippen LogP contribution in [0, 0.1) is 0 Å². The molecule has 0 spiro atoms. The van der Waals surface area contributed by atoms with E-state index in [0.717, 1.165) is 23.8 Å². The number of nitrogens with zero attached hydrogens (tertiary/aromatic N) is 2. The molecule has 1 aromatic carbocycles. The van der Waals surface area contributed by atoms with Crippen molar-refractivity contribution in [2.24, 2.45) is 0 Å². The van der Waals surface area contributed by atoms with Gasteiger partial charge in [-0.3, -0.25) is 0 Å². The lowest BCUT2D eigenvalue weighted by molar-refractivity contribution is 0.373. The minimum Gasteiger partial charge on any atom is -0.399 e. The van der Waals surface area contributed by atoms with Crippen molar-refractivity contribution in [3.63, 3.8) is 0 Å². The lowest BCUT2D eigenvalue weighted by atomic mass is 10.2. The summed E-state index contributed by atoms with van der Waals surface area (Å²) in [5.74, 6) is 0. The van der Waals surface area contributed by atoms with Gasteiger partial charge in [-0.05, 0) is 46.1 Å². The normalized spacial score (nSPS) is 12.8. The summed E-state index contributed by atoms with van der Waals surface area (Å²) in [5.41, 5.74) is 7.47. The molecule has 0 aliphatic carbocycles. The summed E-state index contributed by atoms with van der Waals surface area (Å²) >= 11 is 6.25. The van der Waals surface area contributed by atoms with E-state index in [1.807, 2.05) is 18.2 Å². The van der Waals surface area contributed by atoms with Gasteiger partial charge in [0.2, 0.25) is 0 Å². The molecule has 96 valence electrons. The zero-order chi connectivity index (χ0) is 13.0. The summed E-state index contributed by atoms with van der Waals surface area (Å²) in [6.07, 6.45) is 0. The predicted molar refractivity (Wildman–Crippen MR) is 76.9 cm³/mol. The van der Waals surface area contributed by atoms with Gasteiger partial charge in [0.15, 0.2) is 0 Å². The van der Waals surface area contributed by atoms with E-state index in [-0.39, 0.29) is 0 Å². The number of nitrogens with two attached hydrogens (primary N) is 1. The van der Waals surface area contributed by atoms with Crippen LogP contribution in [0.3, 0.4) is 0 Å². The predicted octanol–water partition coefficient (Wildman–Crippen LogP) is 2.70. The van der Waals surface area contributed by atoms with Gasteiger partial charge in [-0.1, -0.05) is 11.6 Å². The molecule has 1 aromatic rings. The van der Waals surface area contributed by atoms with Crippen molar-refractivity contribution >= 4 is 23.0 Å². The van der Waals surface area contributed by atoms with Gasteiger partial charge >= 0.3 is 0 Å². The van der Waals surface area contributed by atoms with Crippen LogP contribution in [0.25, 0.3) is 0 Å². The highest BCUT2D eigenvalue weighted by atomic mass is 35.5. The number of hydrogen-bond acceptors (Lipinski definition) is 3. The van der Waals surface area contributed by atoms with Crippen molar-refractivity contribution < 1.29 is 0 Å². The molecule has 0 aliphatic heterocycles. The number of benzene rings is 1. The first-order valence-corrected chi connectivity index (χ1v) is 6.30. The molecule has 1 rings (SSSR count). The Morgan fingerprint density at radius 1 is 1.35 bits per heavy atom. The zero-order valence-corrected chi connectivity index (χ0v) is 11.8. The first-order chi connectivity index (χ1) is 7.95. The molecule has 0 amide bonds. The molecule has 1 atom stereocenters. The summed E-state index contributed by atoms with van der Waals surface area (Å²) in [5, 5.41) is 0.720. The Labute approximate surface area is 109 Å². The second-order valence-electron chi connectivity index (χ2n) is 4.61. The molecule has 1 unspecified atom stereocenters. The van der Waals surface area contributed by atoms with E-state index in [9.17, 15) is 0 Å². The molecule has 0 heterocycles. The summed E-state index contributed by atoms with van der Waals surface area (Å²) in [6, 6.07) is 6.11. The number of anilines is 2. The summed E-state index contributed by atoms with van der Waals surface area (Å²) < 4.78 is 0. The van der Waals surface area contributed by atoms with Gasteiger partial charge in [0.1, 0.15) is 0 Å². The van der Waals surface area contributed by atoms with Gasteiger partial charge in [-0.15, -0.1) is 0 Å². The zero-order valence-electron chi connectivity index (χ0n) is 11.1. The summed E-state index contributed by atoms with van der Waals surface area (Å²) in [6.45, 7) is 6.27. The largest absolute Gasteiger partial charge is 0.399 e. The van der Waals surface area contributed by atoms with Crippen molar-refractivity contribution in [2.75, 3.05) is 37.8 Å². The number of likely N-dealkylation sites (N-methyl/N-ethyl adjacent to an activating group) is 2. The Balaban J connectivity index is 2.93. The molecule has 3 nitrogen and oxygen atoms in total. The van der Waals surface area contributed by atoms with Gasteiger partial charge in [-0.2, -0.15) is 0 Å². The SMILES string of the molecule is CCN(c1ccc(N)cc1Cl)C(C)CN(C)C. The Bertz CT molecular complexity index is 366. The fourth-order valence-corrected chi connectivity index (χ4v) is 2.40. The third-order valence-electron chi connectivity index (χ3n) is 2.78. The molecule has 0 aliphatic rings. The van der Waals surface area contributed by atoms with E-state index in [1.165, 1.54) is 0 Å². The maximum atomic E-state index is 6.25. The molecule has 2 N–H and O–H groups in total. The lowest BCUT2D eigenvalue weighted by Gasteiger charge is -2.32. The van der Waals surface area contributed by atoms with Crippen LogP contribution in [-0.4, -0.2) is 38.1 Å². The van der Waals surface area contributed by atoms with E-state index in [0.29, 0.717) is 11.7 Å². The number of nitrogen functional groups attached to an aromatic ring is 1. The average molecular weight is 256 g/mol. The fraction of sp³-hybridized carbons (Fsp3) is 0.538. The number of halogens is 1. The van der Waals surface area contributed by atoms with E-state index in [4.69, 9.17) is 17.3 Å². The van der Waals surface area contributed by atoms with Crippen LogP contribution >= 0.6 is 11.6 Å². The third-order valence-corrected chi connectivity index (χ3v) is 3.09. The van der Waals surface area contributed by atoms with E-state index in [2.05, 4.69) is 37.7 Å². The van der Waals surface area contributed by atoms with Gasteiger partial charge < -0.3 is 15.5 Å². The van der Waals surface area contributed by atoms with Crippen LogP contribution in [0.5, 0.6) is 0 Å². The van der Waals surface area contributed by atoms with E-state index in [1.54, 1.807) is 0 Å². The van der Waals surface area contributed by atoms with Crippen molar-refractivity contribution in [2.45, 2.75) is 19.9 Å². The van der Waals surface area contributed by atoms with Gasteiger partial charge in [0.05, 0.1) is 10.7 Å². The Kier molecular flexibility index (Phi) is 5.09. The van der Waals surface area contributed by atoms with Crippen LogP contribution in [0.4, 0.5) is 11.4 Å². The molecule has 0 bridgehead atoms. The quantitative estimate of drug-likeness (QED) is 0.822. The van der Waals surface area contributed by atoms with Crippen LogP contribution < -0.4 is 10.6 Å². The minimum absolute atomic E-state index is 0.413. The minimum atomic E-state index is 0.413. The van der Waals surface area contributed by atoms with Gasteiger partial charge in [-0.25, -0.2) is 0 Å². The summed E-state index contributed by atoms with van der Waals surface area (Å²) in [7, 11) is 4.16.